The Balaban J connectivity index is 2.69. The molecule has 5 heteroatoms. The highest BCUT2D eigenvalue weighted by molar-refractivity contribution is 5.80. The maximum absolute atomic E-state index is 12.0. The van der Waals surface area contributed by atoms with E-state index in [0.717, 1.165) is 0 Å². The van der Waals surface area contributed by atoms with Crippen LogP contribution in [0.4, 0.5) is 0 Å². The van der Waals surface area contributed by atoms with Gasteiger partial charge in [-0.1, -0.05) is 6.08 Å². The van der Waals surface area contributed by atoms with Gasteiger partial charge in [0.1, 0.15) is 6.61 Å². The number of aliphatic carboxylic acids is 1. The predicted molar refractivity (Wildman–Crippen MR) is 71.8 cm³/mol. The molecule has 0 radical (unpaired) electrons. The van der Waals surface area contributed by atoms with E-state index in [4.69, 9.17) is 4.74 Å². The van der Waals surface area contributed by atoms with E-state index in [1.807, 2.05) is 13.8 Å². The largest absolute Gasteiger partial charge is 0.481 e. The van der Waals surface area contributed by atoms with E-state index in [1.165, 1.54) is 0 Å². The third kappa shape index (κ3) is 4.06. The molecule has 1 aliphatic heterocycles. The molecule has 1 amide bonds. The first-order chi connectivity index (χ1) is 8.91. The van der Waals surface area contributed by atoms with Crippen LogP contribution < -0.4 is 0 Å². The first-order valence-electron chi connectivity index (χ1n) is 6.65. The lowest BCUT2D eigenvalue weighted by atomic mass is 9.77. The number of amides is 1. The third-order valence-electron chi connectivity index (χ3n) is 3.46. The molecule has 1 unspecified atom stereocenters. The standard InChI is InChI=1S/C14H23NO4/c1-4-6-14(13(17)18)7-5-8-15(10-14)12(16)9-19-11(2)3/h4,11H,1,5-10H2,2-3H3,(H,17,18). The molecule has 0 spiro atoms. The zero-order valence-corrected chi connectivity index (χ0v) is 11.7. The minimum atomic E-state index is -0.881. The summed E-state index contributed by atoms with van der Waals surface area (Å²) in [5.74, 6) is -0.988. The maximum Gasteiger partial charge on any atom is 0.311 e. The second-order valence-corrected chi connectivity index (χ2v) is 5.36. The number of hydrogen-bond donors (Lipinski definition) is 1. The van der Waals surface area contributed by atoms with Gasteiger partial charge in [-0.05, 0) is 33.1 Å². The zero-order chi connectivity index (χ0) is 14.5. The number of ether oxygens (including phenoxy) is 1. The molecule has 0 aromatic carbocycles. The molecule has 19 heavy (non-hydrogen) atoms. The first kappa shape index (κ1) is 15.7. The van der Waals surface area contributed by atoms with Crippen molar-refractivity contribution in [3.05, 3.63) is 12.7 Å². The summed E-state index contributed by atoms with van der Waals surface area (Å²) in [5, 5.41) is 9.42. The van der Waals surface area contributed by atoms with Crippen molar-refractivity contribution in [1.82, 2.24) is 4.90 Å². The van der Waals surface area contributed by atoms with Crippen LogP contribution >= 0.6 is 0 Å². The van der Waals surface area contributed by atoms with Gasteiger partial charge in [-0.3, -0.25) is 9.59 Å². The Kier molecular flexibility index (Phi) is 5.54. The van der Waals surface area contributed by atoms with E-state index >= 15 is 0 Å². The van der Waals surface area contributed by atoms with Crippen molar-refractivity contribution >= 4 is 11.9 Å². The fourth-order valence-corrected chi connectivity index (χ4v) is 2.38. The van der Waals surface area contributed by atoms with Crippen LogP contribution in [0.3, 0.4) is 0 Å². The van der Waals surface area contributed by atoms with Gasteiger partial charge in [-0.25, -0.2) is 0 Å². The number of allylic oxidation sites excluding steroid dienone is 1. The summed E-state index contributed by atoms with van der Waals surface area (Å²) in [7, 11) is 0. The maximum atomic E-state index is 12.0. The smallest absolute Gasteiger partial charge is 0.311 e. The molecule has 0 aromatic heterocycles. The van der Waals surface area contributed by atoms with Crippen LogP contribution in [0, 0.1) is 5.41 Å². The number of carbonyl (C=O) groups is 2. The Bertz CT molecular complexity index is 353. The van der Waals surface area contributed by atoms with E-state index in [-0.39, 0.29) is 25.2 Å². The van der Waals surface area contributed by atoms with E-state index in [0.29, 0.717) is 25.8 Å². The fraction of sp³-hybridized carbons (Fsp3) is 0.714. The summed E-state index contributed by atoms with van der Waals surface area (Å²) in [6.45, 7) is 8.21. The van der Waals surface area contributed by atoms with Crippen molar-refractivity contribution in [3.8, 4) is 0 Å². The van der Waals surface area contributed by atoms with Crippen LogP contribution in [0.15, 0.2) is 12.7 Å². The van der Waals surface area contributed by atoms with Gasteiger partial charge in [0.2, 0.25) is 5.91 Å². The Morgan fingerprint density at radius 2 is 2.21 bits per heavy atom. The first-order valence-corrected chi connectivity index (χ1v) is 6.65. The quantitative estimate of drug-likeness (QED) is 0.745. The number of carboxylic acid groups (broad SMARTS) is 1. The highest BCUT2D eigenvalue weighted by Gasteiger charge is 2.42. The predicted octanol–water partition coefficient (Wildman–Crippen LogP) is 1.68. The molecule has 1 rings (SSSR count). The monoisotopic (exact) mass is 269 g/mol. The molecular weight excluding hydrogens is 246 g/mol. The van der Waals surface area contributed by atoms with Gasteiger partial charge in [-0.15, -0.1) is 6.58 Å². The molecule has 0 aromatic rings. The number of rotatable bonds is 6. The third-order valence-corrected chi connectivity index (χ3v) is 3.46. The number of carboxylic acids is 1. The Morgan fingerprint density at radius 1 is 1.53 bits per heavy atom. The number of nitrogens with zero attached hydrogens (tertiary/aromatic N) is 1. The van der Waals surface area contributed by atoms with Gasteiger partial charge in [0, 0.05) is 13.1 Å². The number of carbonyl (C=O) groups excluding carboxylic acids is 1. The molecule has 0 aliphatic carbocycles. The van der Waals surface area contributed by atoms with Crippen molar-refractivity contribution in [2.75, 3.05) is 19.7 Å². The molecule has 1 saturated heterocycles. The average Bonchev–Trinajstić information content (AvgIpc) is 2.36. The molecule has 1 fully saturated rings. The van der Waals surface area contributed by atoms with Gasteiger partial charge in [-0.2, -0.15) is 0 Å². The molecule has 1 heterocycles. The van der Waals surface area contributed by atoms with Crippen molar-refractivity contribution in [3.63, 3.8) is 0 Å². The second kappa shape index (κ2) is 6.70. The van der Waals surface area contributed by atoms with Crippen LogP contribution in [0.5, 0.6) is 0 Å². The highest BCUT2D eigenvalue weighted by atomic mass is 16.5. The van der Waals surface area contributed by atoms with E-state index in [9.17, 15) is 14.7 Å². The molecule has 1 atom stereocenters. The van der Waals surface area contributed by atoms with E-state index in [1.54, 1.807) is 11.0 Å². The Hall–Kier alpha value is -1.36. The van der Waals surface area contributed by atoms with Gasteiger partial charge in [0.15, 0.2) is 0 Å². The van der Waals surface area contributed by atoms with Crippen molar-refractivity contribution in [2.24, 2.45) is 5.41 Å². The van der Waals surface area contributed by atoms with Crippen molar-refractivity contribution in [2.45, 2.75) is 39.2 Å². The molecule has 1 N–H and O–H groups in total. The zero-order valence-electron chi connectivity index (χ0n) is 11.7. The number of likely N-dealkylation sites (tertiary alicyclic amines) is 1. The van der Waals surface area contributed by atoms with Crippen LogP contribution in [0.1, 0.15) is 33.1 Å². The summed E-state index contributed by atoms with van der Waals surface area (Å²) in [4.78, 5) is 25.1. The lowest BCUT2D eigenvalue weighted by Crippen LogP contribution is -2.50. The molecule has 5 nitrogen and oxygen atoms in total. The minimum absolute atomic E-state index is 0.00820. The lowest BCUT2D eigenvalue weighted by Gasteiger charge is -2.39. The summed E-state index contributed by atoms with van der Waals surface area (Å²) in [6.07, 6.45) is 3.28. The lowest BCUT2D eigenvalue weighted by molar-refractivity contribution is -0.156. The molecule has 1 aliphatic rings. The normalized spacial score (nSPS) is 23.4. The minimum Gasteiger partial charge on any atom is -0.481 e. The molecule has 0 saturated carbocycles. The van der Waals surface area contributed by atoms with Crippen LogP contribution in [-0.4, -0.2) is 47.7 Å². The Labute approximate surface area is 114 Å². The topological polar surface area (TPSA) is 66.8 Å². The summed E-state index contributed by atoms with van der Waals surface area (Å²) >= 11 is 0. The highest BCUT2D eigenvalue weighted by Crippen LogP contribution is 2.34. The van der Waals surface area contributed by atoms with E-state index < -0.39 is 11.4 Å². The molecular formula is C14H23NO4. The van der Waals surface area contributed by atoms with Crippen LogP contribution in [0.2, 0.25) is 0 Å². The number of piperidine rings is 1. The summed E-state index contributed by atoms with van der Waals surface area (Å²) in [5.41, 5.74) is -0.881. The second-order valence-electron chi connectivity index (χ2n) is 5.36. The molecule has 108 valence electrons. The summed E-state index contributed by atoms with van der Waals surface area (Å²) in [6, 6.07) is 0. The van der Waals surface area contributed by atoms with Crippen molar-refractivity contribution < 1.29 is 19.4 Å². The SMILES string of the molecule is C=CCC1(C(=O)O)CCCN(C(=O)COC(C)C)C1. The van der Waals surface area contributed by atoms with Gasteiger partial charge >= 0.3 is 5.97 Å². The molecule has 0 bridgehead atoms. The number of hydrogen-bond acceptors (Lipinski definition) is 3. The van der Waals surface area contributed by atoms with Gasteiger partial charge in [0.05, 0.1) is 11.5 Å². The average molecular weight is 269 g/mol. The fourth-order valence-electron chi connectivity index (χ4n) is 2.38. The van der Waals surface area contributed by atoms with Gasteiger partial charge in [0.25, 0.3) is 0 Å². The van der Waals surface area contributed by atoms with Crippen LogP contribution in [0.25, 0.3) is 0 Å². The van der Waals surface area contributed by atoms with E-state index in [2.05, 4.69) is 6.58 Å². The van der Waals surface area contributed by atoms with Crippen molar-refractivity contribution in [1.29, 1.82) is 0 Å². The van der Waals surface area contributed by atoms with Crippen LogP contribution in [-0.2, 0) is 14.3 Å². The van der Waals surface area contributed by atoms with Gasteiger partial charge < -0.3 is 14.7 Å². The summed E-state index contributed by atoms with van der Waals surface area (Å²) < 4.78 is 5.29. The Morgan fingerprint density at radius 3 is 2.74 bits per heavy atom.